The summed E-state index contributed by atoms with van der Waals surface area (Å²) in [6, 6.07) is 15.7. The lowest BCUT2D eigenvalue weighted by Gasteiger charge is -2.18. The highest BCUT2D eigenvalue weighted by atomic mass is 35.5. The van der Waals surface area contributed by atoms with Crippen molar-refractivity contribution in [1.82, 2.24) is 0 Å². The van der Waals surface area contributed by atoms with Crippen LogP contribution in [0.2, 0.25) is 5.02 Å². The van der Waals surface area contributed by atoms with E-state index in [1.165, 1.54) is 30.3 Å². The number of hydrogen-bond acceptors (Lipinski definition) is 0. The molecule has 0 N–H and O–H groups in total. The van der Waals surface area contributed by atoms with Crippen LogP contribution >= 0.6 is 11.6 Å². The van der Waals surface area contributed by atoms with Crippen LogP contribution in [0.25, 0.3) is 22.3 Å². The predicted octanol–water partition coefficient (Wildman–Crippen LogP) is 6.83. The van der Waals surface area contributed by atoms with E-state index in [2.05, 4.69) is 0 Å². The summed E-state index contributed by atoms with van der Waals surface area (Å²) >= 11 is 5.96. The normalized spacial score (nSPS) is 11.5. The van der Waals surface area contributed by atoms with Gasteiger partial charge in [-0.3, -0.25) is 0 Å². The lowest BCUT2D eigenvalue weighted by atomic mass is 9.90. The average molecular weight is 351 g/mol. The van der Waals surface area contributed by atoms with Gasteiger partial charge in [-0.05, 0) is 35.4 Å². The monoisotopic (exact) mass is 350 g/mol. The van der Waals surface area contributed by atoms with Gasteiger partial charge in [0.1, 0.15) is 5.82 Å². The molecule has 0 unspecified atom stereocenters. The zero-order chi connectivity index (χ0) is 17.3. The maximum atomic E-state index is 14.2. The molecule has 0 nitrogen and oxygen atoms in total. The molecule has 0 atom stereocenters. The Balaban J connectivity index is 2.37. The molecule has 0 spiro atoms. The Morgan fingerprint density at radius 3 is 2.08 bits per heavy atom. The molecule has 122 valence electrons. The first kappa shape index (κ1) is 16.5. The lowest BCUT2D eigenvalue weighted by molar-refractivity contribution is -0.137. The number of benzene rings is 3. The maximum absolute atomic E-state index is 14.2. The van der Waals surface area contributed by atoms with Crippen molar-refractivity contribution in [2.75, 3.05) is 0 Å². The molecule has 3 aromatic carbocycles. The van der Waals surface area contributed by atoms with E-state index in [4.69, 9.17) is 11.6 Å². The first-order chi connectivity index (χ1) is 11.4. The highest BCUT2D eigenvalue weighted by Crippen LogP contribution is 2.43. The van der Waals surface area contributed by atoms with Crippen LogP contribution in [0.4, 0.5) is 17.6 Å². The zero-order valence-corrected chi connectivity index (χ0v) is 13.0. The summed E-state index contributed by atoms with van der Waals surface area (Å²) < 4.78 is 54.7. The first-order valence-electron chi connectivity index (χ1n) is 7.09. The Hall–Kier alpha value is -2.33. The molecule has 0 fully saturated rings. The van der Waals surface area contributed by atoms with Gasteiger partial charge in [0.2, 0.25) is 0 Å². The van der Waals surface area contributed by atoms with Crippen molar-refractivity contribution in [3.8, 4) is 22.3 Å². The Morgan fingerprint density at radius 1 is 0.750 bits per heavy atom. The fourth-order valence-electron chi connectivity index (χ4n) is 2.64. The molecule has 0 aliphatic rings. The number of hydrogen-bond donors (Lipinski definition) is 0. The lowest BCUT2D eigenvalue weighted by Crippen LogP contribution is -2.08. The Morgan fingerprint density at radius 2 is 1.42 bits per heavy atom. The second-order valence-corrected chi connectivity index (χ2v) is 5.65. The summed E-state index contributed by atoms with van der Waals surface area (Å²) in [6.07, 6.45) is -4.60. The fraction of sp³-hybridized carbons (Fsp3) is 0.0526. The van der Waals surface area contributed by atoms with E-state index in [1.54, 1.807) is 24.3 Å². The van der Waals surface area contributed by atoms with E-state index < -0.39 is 17.6 Å². The summed E-state index contributed by atoms with van der Waals surface area (Å²) in [5, 5.41) is 0.393. The van der Waals surface area contributed by atoms with Gasteiger partial charge in [-0.25, -0.2) is 4.39 Å². The maximum Gasteiger partial charge on any atom is 0.417 e. The Kier molecular flexibility index (Phi) is 4.33. The van der Waals surface area contributed by atoms with Crippen molar-refractivity contribution in [3.63, 3.8) is 0 Å². The minimum absolute atomic E-state index is 0.0969. The molecule has 3 rings (SSSR count). The quantitative estimate of drug-likeness (QED) is 0.444. The third-order valence-electron chi connectivity index (χ3n) is 3.65. The van der Waals surface area contributed by atoms with Crippen molar-refractivity contribution in [1.29, 1.82) is 0 Å². The third-order valence-corrected chi connectivity index (χ3v) is 3.88. The van der Waals surface area contributed by atoms with E-state index in [1.807, 2.05) is 0 Å². The van der Waals surface area contributed by atoms with Crippen molar-refractivity contribution in [2.45, 2.75) is 6.18 Å². The van der Waals surface area contributed by atoms with E-state index in [9.17, 15) is 17.6 Å². The van der Waals surface area contributed by atoms with E-state index in [-0.39, 0.29) is 16.7 Å². The van der Waals surface area contributed by atoms with Crippen LogP contribution in [-0.4, -0.2) is 0 Å². The molecule has 24 heavy (non-hydrogen) atoms. The van der Waals surface area contributed by atoms with Crippen LogP contribution in [-0.2, 0) is 6.18 Å². The van der Waals surface area contributed by atoms with E-state index in [0.29, 0.717) is 10.6 Å². The van der Waals surface area contributed by atoms with Gasteiger partial charge in [0.05, 0.1) is 5.56 Å². The number of rotatable bonds is 2. The van der Waals surface area contributed by atoms with Crippen LogP contribution in [0.15, 0.2) is 66.7 Å². The van der Waals surface area contributed by atoms with Gasteiger partial charge in [-0.15, -0.1) is 0 Å². The highest BCUT2D eigenvalue weighted by Gasteiger charge is 2.35. The van der Waals surface area contributed by atoms with Gasteiger partial charge >= 0.3 is 6.18 Å². The average Bonchev–Trinajstić information content (AvgIpc) is 2.54. The molecule has 5 heteroatoms. The minimum Gasteiger partial charge on any atom is -0.206 e. The smallest absolute Gasteiger partial charge is 0.206 e. The second kappa shape index (κ2) is 6.29. The summed E-state index contributed by atoms with van der Waals surface area (Å²) in [5.41, 5.74) is -0.403. The molecule has 0 saturated heterocycles. The second-order valence-electron chi connectivity index (χ2n) is 5.22. The SMILES string of the molecule is Fc1ccccc1-c1c(-c2cccc(Cl)c2)cccc1C(F)(F)F. The van der Waals surface area contributed by atoms with Gasteiger partial charge in [-0.1, -0.05) is 54.1 Å². The Bertz CT molecular complexity index is 885. The summed E-state index contributed by atoms with van der Waals surface area (Å²) in [7, 11) is 0. The largest absolute Gasteiger partial charge is 0.417 e. The molecule has 0 heterocycles. The summed E-state index contributed by atoms with van der Waals surface area (Å²) in [4.78, 5) is 0. The summed E-state index contributed by atoms with van der Waals surface area (Å²) in [6.45, 7) is 0. The molecule has 0 saturated carbocycles. The van der Waals surface area contributed by atoms with Crippen LogP contribution < -0.4 is 0 Å². The predicted molar refractivity (Wildman–Crippen MR) is 87.3 cm³/mol. The third kappa shape index (κ3) is 3.15. The molecule has 0 aliphatic heterocycles. The summed E-state index contributed by atoms with van der Waals surface area (Å²) in [5.74, 6) is -0.711. The van der Waals surface area contributed by atoms with Gasteiger partial charge in [0.25, 0.3) is 0 Å². The standard InChI is InChI=1S/C19H11ClF4/c20-13-6-3-5-12(11-13)14-8-4-9-16(19(22,23)24)18(14)15-7-1-2-10-17(15)21/h1-11H. The zero-order valence-electron chi connectivity index (χ0n) is 12.2. The van der Waals surface area contributed by atoms with Crippen LogP contribution in [0, 0.1) is 5.82 Å². The molecule has 0 aromatic heterocycles. The van der Waals surface area contributed by atoms with Crippen molar-refractivity contribution in [2.24, 2.45) is 0 Å². The van der Waals surface area contributed by atoms with Gasteiger partial charge in [-0.2, -0.15) is 13.2 Å². The van der Waals surface area contributed by atoms with Crippen molar-refractivity contribution in [3.05, 3.63) is 83.1 Å². The van der Waals surface area contributed by atoms with Crippen LogP contribution in [0.3, 0.4) is 0 Å². The van der Waals surface area contributed by atoms with Gasteiger partial charge < -0.3 is 0 Å². The van der Waals surface area contributed by atoms with Crippen LogP contribution in [0.5, 0.6) is 0 Å². The fourth-order valence-corrected chi connectivity index (χ4v) is 2.83. The van der Waals surface area contributed by atoms with E-state index in [0.717, 1.165) is 12.1 Å². The minimum atomic E-state index is -4.60. The molecule has 0 bridgehead atoms. The van der Waals surface area contributed by atoms with Gasteiger partial charge in [0.15, 0.2) is 0 Å². The van der Waals surface area contributed by atoms with Crippen molar-refractivity contribution < 1.29 is 17.6 Å². The molecule has 3 aromatic rings. The number of halogens is 5. The molecular weight excluding hydrogens is 340 g/mol. The highest BCUT2D eigenvalue weighted by molar-refractivity contribution is 6.30. The molecule has 0 amide bonds. The topological polar surface area (TPSA) is 0 Å². The van der Waals surface area contributed by atoms with Crippen molar-refractivity contribution >= 4 is 11.6 Å². The van der Waals surface area contributed by atoms with E-state index >= 15 is 0 Å². The first-order valence-corrected chi connectivity index (χ1v) is 7.47. The Labute approximate surface area is 141 Å². The molecule has 0 aliphatic carbocycles. The van der Waals surface area contributed by atoms with Crippen LogP contribution in [0.1, 0.15) is 5.56 Å². The number of alkyl halides is 3. The molecule has 0 radical (unpaired) electrons. The van der Waals surface area contributed by atoms with Gasteiger partial charge in [0, 0.05) is 16.1 Å². The molecular formula is C19H11ClF4.